The fourth-order valence-electron chi connectivity index (χ4n) is 4.99. The van der Waals surface area contributed by atoms with Crippen molar-refractivity contribution in [2.45, 2.75) is 94.9 Å². The Morgan fingerprint density at radius 2 is 1.95 bits per heavy atom. The molecule has 0 radical (unpaired) electrons. The van der Waals surface area contributed by atoms with Crippen LogP contribution in [-0.4, -0.2) is 48.8 Å². The van der Waals surface area contributed by atoms with Gasteiger partial charge in [-0.3, -0.25) is 4.90 Å². The van der Waals surface area contributed by atoms with Crippen molar-refractivity contribution in [3.63, 3.8) is 0 Å². The molecule has 2 aliphatic carbocycles. The summed E-state index contributed by atoms with van der Waals surface area (Å²) < 4.78 is 5.68. The van der Waals surface area contributed by atoms with Crippen LogP contribution in [0.15, 0.2) is 0 Å². The number of ether oxygens (including phenoxy) is 1. The number of nitrogens with zero attached hydrogens (tertiary/aromatic N) is 1. The summed E-state index contributed by atoms with van der Waals surface area (Å²) in [7, 11) is 1.89. The van der Waals surface area contributed by atoms with E-state index in [-0.39, 0.29) is 0 Å². The molecule has 1 spiro atoms. The minimum absolute atomic E-state index is 0.434. The highest BCUT2D eigenvalue weighted by atomic mass is 16.5. The first kappa shape index (κ1) is 15.8. The third-order valence-corrected chi connectivity index (χ3v) is 6.35. The zero-order valence-corrected chi connectivity index (χ0v) is 14.1. The van der Waals surface area contributed by atoms with Crippen LogP contribution in [0.3, 0.4) is 0 Å². The van der Waals surface area contributed by atoms with Crippen LogP contribution in [0.25, 0.3) is 0 Å². The van der Waals surface area contributed by atoms with E-state index in [0.29, 0.717) is 11.6 Å². The lowest BCUT2D eigenvalue weighted by atomic mass is 9.78. The van der Waals surface area contributed by atoms with Crippen molar-refractivity contribution >= 4 is 0 Å². The number of nitrogens with one attached hydrogen (secondary N) is 1. The molecule has 3 nitrogen and oxygen atoms in total. The summed E-state index contributed by atoms with van der Waals surface area (Å²) in [5.41, 5.74) is 0.434. The monoisotopic (exact) mass is 294 g/mol. The number of hydrogen-bond acceptors (Lipinski definition) is 3. The molecule has 1 heterocycles. The topological polar surface area (TPSA) is 24.5 Å². The Kier molecular flexibility index (Phi) is 5.23. The second-order valence-corrected chi connectivity index (χ2v) is 7.63. The minimum atomic E-state index is 0.434. The van der Waals surface area contributed by atoms with E-state index in [0.717, 1.165) is 12.1 Å². The van der Waals surface area contributed by atoms with E-state index in [2.05, 4.69) is 17.1 Å². The highest BCUT2D eigenvalue weighted by Gasteiger charge is 2.42. The third kappa shape index (κ3) is 3.46. The van der Waals surface area contributed by atoms with Crippen molar-refractivity contribution < 1.29 is 4.74 Å². The Balaban J connectivity index is 1.69. The summed E-state index contributed by atoms with van der Waals surface area (Å²) in [6.07, 6.45) is 14.1. The molecule has 3 rings (SSSR count). The zero-order chi connectivity index (χ0) is 14.7. The highest BCUT2D eigenvalue weighted by molar-refractivity contribution is 5.01. The molecule has 1 saturated heterocycles. The predicted molar refractivity (Wildman–Crippen MR) is 87.7 cm³/mol. The van der Waals surface area contributed by atoms with Gasteiger partial charge < -0.3 is 10.1 Å². The Labute approximate surface area is 130 Å². The smallest absolute Gasteiger partial charge is 0.0586 e. The van der Waals surface area contributed by atoms with Gasteiger partial charge in [-0.1, -0.05) is 26.2 Å². The lowest BCUT2D eigenvalue weighted by molar-refractivity contribution is -0.0233. The van der Waals surface area contributed by atoms with E-state index < -0.39 is 0 Å². The van der Waals surface area contributed by atoms with Crippen molar-refractivity contribution in [1.82, 2.24) is 10.2 Å². The summed E-state index contributed by atoms with van der Waals surface area (Å²) in [5.74, 6) is 0. The van der Waals surface area contributed by atoms with Gasteiger partial charge in [0.15, 0.2) is 0 Å². The predicted octanol–water partition coefficient (Wildman–Crippen LogP) is 3.33. The van der Waals surface area contributed by atoms with Gasteiger partial charge in [0.05, 0.1) is 6.10 Å². The molecule has 3 aliphatic rings. The van der Waals surface area contributed by atoms with E-state index in [1.54, 1.807) is 0 Å². The molecule has 3 atom stereocenters. The molecule has 0 aromatic heterocycles. The zero-order valence-electron chi connectivity index (χ0n) is 14.1. The van der Waals surface area contributed by atoms with Crippen molar-refractivity contribution in [2.75, 3.05) is 20.2 Å². The molecular weight excluding hydrogens is 260 g/mol. The summed E-state index contributed by atoms with van der Waals surface area (Å²) in [4.78, 5) is 2.88. The second-order valence-electron chi connectivity index (χ2n) is 7.63. The summed E-state index contributed by atoms with van der Waals surface area (Å²) >= 11 is 0. The maximum Gasteiger partial charge on any atom is 0.0586 e. The normalized spacial score (nSPS) is 37.7. The first-order chi connectivity index (χ1) is 10.3. The Bertz CT molecular complexity index is 327. The fraction of sp³-hybridized carbons (Fsp3) is 1.00. The van der Waals surface area contributed by atoms with E-state index in [1.165, 1.54) is 77.3 Å². The first-order valence-corrected chi connectivity index (χ1v) is 9.30. The van der Waals surface area contributed by atoms with Crippen LogP contribution in [0, 0.1) is 0 Å². The van der Waals surface area contributed by atoms with E-state index in [4.69, 9.17) is 4.74 Å². The van der Waals surface area contributed by atoms with Crippen LogP contribution in [0.4, 0.5) is 0 Å². The average Bonchev–Trinajstić information content (AvgIpc) is 2.56. The van der Waals surface area contributed by atoms with Crippen LogP contribution >= 0.6 is 0 Å². The third-order valence-electron chi connectivity index (χ3n) is 6.35. The molecule has 3 heteroatoms. The van der Waals surface area contributed by atoms with Crippen LogP contribution in [0.5, 0.6) is 0 Å². The van der Waals surface area contributed by atoms with Crippen LogP contribution in [0.1, 0.15) is 71.1 Å². The average molecular weight is 294 g/mol. The Morgan fingerprint density at radius 3 is 2.67 bits per heavy atom. The van der Waals surface area contributed by atoms with Gasteiger partial charge in [0.1, 0.15) is 0 Å². The largest absolute Gasteiger partial charge is 0.381 e. The standard InChI is InChI=1S/C18H34N2O/c1-3-15-13-19-18(10-5-4-6-11-18)14-20(15)16-8-7-9-17(12-16)21-2/h15-17,19H,3-14H2,1-2H3. The van der Waals surface area contributed by atoms with Crippen molar-refractivity contribution in [2.24, 2.45) is 0 Å². The maximum absolute atomic E-state index is 5.68. The SMILES string of the molecule is CCC1CNC2(CCCCC2)CN1C1CCCC(OC)C1. The lowest BCUT2D eigenvalue weighted by Gasteiger charge is -2.53. The quantitative estimate of drug-likeness (QED) is 0.864. The van der Waals surface area contributed by atoms with Crippen LogP contribution in [-0.2, 0) is 4.74 Å². The van der Waals surface area contributed by atoms with Gasteiger partial charge in [0.25, 0.3) is 0 Å². The summed E-state index contributed by atoms with van der Waals surface area (Å²) in [5, 5.41) is 3.96. The van der Waals surface area contributed by atoms with Gasteiger partial charge in [-0.25, -0.2) is 0 Å². The number of piperazine rings is 1. The molecule has 1 aliphatic heterocycles. The van der Waals surface area contributed by atoms with Gasteiger partial charge in [-0.2, -0.15) is 0 Å². The summed E-state index contributed by atoms with van der Waals surface area (Å²) in [6.45, 7) is 4.84. The molecule has 0 aromatic carbocycles. The molecule has 0 aromatic rings. The highest BCUT2D eigenvalue weighted by Crippen LogP contribution is 2.35. The molecule has 2 saturated carbocycles. The van der Waals surface area contributed by atoms with Gasteiger partial charge >= 0.3 is 0 Å². The molecule has 3 unspecified atom stereocenters. The number of methoxy groups -OCH3 is 1. The lowest BCUT2D eigenvalue weighted by Crippen LogP contribution is -2.67. The minimum Gasteiger partial charge on any atom is -0.381 e. The molecular formula is C18H34N2O. The van der Waals surface area contributed by atoms with Gasteiger partial charge in [-0.05, 0) is 44.9 Å². The first-order valence-electron chi connectivity index (χ1n) is 9.30. The molecule has 21 heavy (non-hydrogen) atoms. The molecule has 1 N–H and O–H groups in total. The molecule has 0 amide bonds. The van der Waals surface area contributed by atoms with Gasteiger partial charge in [0.2, 0.25) is 0 Å². The molecule has 0 bridgehead atoms. The van der Waals surface area contributed by atoms with Gasteiger partial charge in [0, 0.05) is 37.8 Å². The maximum atomic E-state index is 5.68. The Morgan fingerprint density at radius 1 is 1.14 bits per heavy atom. The Hall–Kier alpha value is -0.120. The van der Waals surface area contributed by atoms with Gasteiger partial charge in [-0.15, -0.1) is 0 Å². The fourth-order valence-corrected chi connectivity index (χ4v) is 4.99. The van der Waals surface area contributed by atoms with Crippen molar-refractivity contribution in [3.8, 4) is 0 Å². The van der Waals surface area contributed by atoms with Crippen molar-refractivity contribution in [3.05, 3.63) is 0 Å². The second kappa shape index (κ2) is 6.97. The number of hydrogen-bond donors (Lipinski definition) is 1. The molecule has 122 valence electrons. The van der Waals surface area contributed by atoms with E-state index in [9.17, 15) is 0 Å². The van der Waals surface area contributed by atoms with Crippen LogP contribution in [0.2, 0.25) is 0 Å². The van der Waals surface area contributed by atoms with Crippen LogP contribution < -0.4 is 5.32 Å². The van der Waals surface area contributed by atoms with E-state index in [1.807, 2.05) is 7.11 Å². The molecule has 3 fully saturated rings. The summed E-state index contributed by atoms with van der Waals surface area (Å²) in [6, 6.07) is 1.49. The number of rotatable bonds is 3. The van der Waals surface area contributed by atoms with Crippen molar-refractivity contribution in [1.29, 1.82) is 0 Å². The van der Waals surface area contributed by atoms with E-state index >= 15 is 0 Å².